The molecule has 1 aromatic carbocycles. The Morgan fingerprint density at radius 3 is 2.52 bits per heavy atom. The van der Waals surface area contributed by atoms with Crippen LogP contribution in [0, 0.1) is 0 Å². The molecule has 5 heteroatoms. The van der Waals surface area contributed by atoms with Crippen LogP contribution >= 0.6 is 11.3 Å². The molecular formula is C16H17NO3S. The topological polar surface area (TPSA) is 66.4 Å². The number of carbonyl (C=O) groups excluding carboxylic acids is 1. The molecule has 0 aliphatic rings. The van der Waals surface area contributed by atoms with Crippen molar-refractivity contribution in [1.29, 1.82) is 0 Å². The van der Waals surface area contributed by atoms with Crippen molar-refractivity contribution < 1.29 is 14.7 Å². The normalized spacial score (nSPS) is 13.4. The third kappa shape index (κ3) is 4.16. The molecule has 0 bridgehead atoms. The molecule has 21 heavy (non-hydrogen) atoms. The highest BCUT2D eigenvalue weighted by Gasteiger charge is 2.24. The first-order valence-electron chi connectivity index (χ1n) is 6.67. The lowest BCUT2D eigenvalue weighted by Gasteiger charge is -2.17. The van der Waals surface area contributed by atoms with Crippen molar-refractivity contribution >= 4 is 23.2 Å². The molecule has 2 atom stereocenters. The monoisotopic (exact) mass is 303 g/mol. The molecule has 0 radical (unpaired) electrons. The van der Waals surface area contributed by atoms with E-state index >= 15 is 0 Å². The molecule has 2 rings (SSSR count). The minimum Gasteiger partial charge on any atom is -0.480 e. The van der Waals surface area contributed by atoms with Gasteiger partial charge in [0, 0.05) is 6.42 Å². The van der Waals surface area contributed by atoms with Crippen LogP contribution in [-0.2, 0) is 16.0 Å². The number of benzene rings is 1. The number of carboxylic acid groups (broad SMARTS) is 1. The third-order valence-electron chi connectivity index (χ3n) is 3.33. The molecular weight excluding hydrogens is 286 g/mol. The molecule has 1 aromatic heterocycles. The van der Waals surface area contributed by atoms with Gasteiger partial charge in [0.15, 0.2) is 0 Å². The minimum absolute atomic E-state index is 0.267. The quantitative estimate of drug-likeness (QED) is 0.862. The lowest BCUT2D eigenvalue weighted by molar-refractivity contribution is -0.141. The van der Waals surface area contributed by atoms with Crippen LogP contribution < -0.4 is 5.32 Å². The number of hydrogen-bond donors (Lipinski definition) is 2. The lowest BCUT2D eigenvalue weighted by Crippen LogP contribution is -2.43. The first-order chi connectivity index (χ1) is 10.1. The molecule has 0 aliphatic carbocycles. The van der Waals surface area contributed by atoms with Gasteiger partial charge >= 0.3 is 5.97 Å². The van der Waals surface area contributed by atoms with E-state index in [4.69, 9.17) is 0 Å². The first-order valence-corrected chi connectivity index (χ1v) is 7.61. The molecule has 0 unspecified atom stereocenters. The summed E-state index contributed by atoms with van der Waals surface area (Å²) in [5.74, 6) is -1.64. The van der Waals surface area contributed by atoms with Gasteiger partial charge in [-0.05, 0) is 34.9 Å². The number of hydrogen-bond acceptors (Lipinski definition) is 3. The van der Waals surface area contributed by atoms with E-state index in [1.165, 1.54) is 11.3 Å². The number of thiophene rings is 1. The summed E-state index contributed by atoms with van der Waals surface area (Å²) in [7, 11) is 0. The van der Waals surface area contributed by atoms with Crippen LogP contribution in [0.3, 0.4) is 0 Å². The van der Waals surface area contributed by atoms with E-state index in [-0.39, 0.29) is 18.2 Å². The highest BCUT2D eigenvalue weighted by Crippen LogP contribution is 2.18. The van der Waals surface area contributed by atoms with Crippen LogP contribution in [0.5, 0.6) is 0 Å². The Hall–Kier alpha value is -2.14. The second kappa shape index (κ2) is 7.04. The van der Waals surface area contributed by atoms with E-state index in [1.54, 1.807) is 6.92 Å². The van der Waals surface area contributed by atoms with Crippen molar-refractivity contribution in [3.8, 4) is 0 Å². The van der Waals surface area contributed by atoms with Crippen LogP contribution in [0.4, 0.5) is 0 Å². The van der Waals surface area contributed by atoms with Crippen LogP contribution in [0.1, 0.15) is 24.0 Å². The zero-order chi connectivity index (χ0) is 15.2. The van der Waals surface area contributed by atoms with Gasteiger partial charge < -0.3 is 10.4 Å². The Kier molecular flexibility index (Phi) is 5.11. The summed E-state index contributed by atoms with van der Waals surface area (Å²) in [6.07, 6.45) is 0.276. The molecule has 1 amide bonds. The Labute approximate surface area is 127 Å². The molecule has 4 nitrogen and oxygen atoms in total. The Morgan fingerprint density at radius 2 is 1.95 bits per heavy atom. The second-order valence-corrected chi connectivity index (χ2v) is 5.65. The number of nitrogens with one attached hydrogen (secondary N) is 1. The van der Waals surface area contributed by atoms with Gasteiger partial charge in [0.2, 0.25) is 5.91 Å². The zero-order valence-corrected chi connectivity index (χ0v) is 12.5. The van der Waals surface area contributed by atoms with Crippen molar-refractivity contribution in [2.45, 2.75) is 25.3 Å². The molecule has 0 aliphatic heterocycles. The summed E-state index contributed by atoms with van der Waals surface area (Å²) >= 11 is 1.52. The molecule has 1 heterocycles. The third-order valence-corrected chi connectivity index (χ3v) is 4.04. The van der Waals surface area contributed by atoms with Crippen LogP contribution in [0.15, 0.2) is 47.2 Å². The molecule has 110 valence electrons. The van der Waals surface area contributed by atoms with Gasteiger partial charge in [-0.25, -0.2) is 4.79 Å². The second-order valence-electron chi connectivity index (χ2n) is 4.87. The molecule has 0 spiro atoms. The minimum atomic E-state index is -1.02. The number of aliphatic carboxylic acids is 1. The lowest BCUT2D eigenvalue weighted by atomic mass is 10.0. The van der Waals surface area contributed by atoms with E-state index in [0.29, 0.717) is 0 Å². The van der Waals surface area contributed by atoms with E-state index < -0.39 is 12.0 Å². The average Bonchev–Trinajstić information content (AvgIpc) is 3.00. The maximum Gasteiger partial charge on any atom is 0.326 e. The van der Waals surface area contributed by atoms with Gasteiger partial charge in [-0.15, -0.1) is 0 Å². The summed E-state index contributed by atoms with van der Waals surface area (Å²) in [5.41, 5.74) is 1.79. The van der Waals surface area contributed by atoms with Gasteiger partial charge in [0.25, 0.3) is 0 Å². The SMILES string of the molecule is C[C@@H](C(=O)N[C@@H](Cc1ccccc1)C(=O)O)c1ccsc1. The van der Waals surface area contributed by atoms with Gasteiger partial charge in [0.1, 0.15) is 6.04 Å². The molecule has 2 aromatic rings. The summed E-state index contributed by atoms with van der Waals surface area (Å²) in [6, 6.07) is 10.2. The van der Waals surface area contributed by atoms with E-state index in [0.717, 1.165) is 11.1 Å². The number of amides is 1. The molecule has 0 saturated carbocycles. The van der Waals surface area contributed by atoms with Crippen molar-refractivity contribution in [2.75, 3.05) is 0 Å². The number of carbonyl (C=O) groups is 2. The van der Waals surface area contributed by atoms with E-state index in [9.17, 15) is 14.7 Å². The molecule has 0 saturated heterocycles. The standard InChI is InChI=1S/C16H17NO3S/c1-11(13-7-8-21-10-13)15(18)17-14(16(19)20)9-12-5-3-2-4-6-12/h2-8,10-11,14H,9H2,1H3,(H,17,18)(H,19,20)/t11-,14+/m1/s1. The Balaban J connectivity index is 2.03. The molecule has 0 fully saturated rings. The summed E-state index contributed by atoms with van der Waals surface area (Å²) in [4.78, 5) is 23.5. The largest absolute Gasteiger partial charge is 0.480 e. The van der Waals surface area contributed by atoms with E-state index in [1.807, 2.05) is 47.2 Å². The fourth-order valence-electron chi connectivity index (χ4n) is 2.02. The van der Waals surface area contributed by atoms with Gasteiger partial charge in [0.05, 0.1) is 5.92 Å². The summed E-state index contributed by atoms with van der Waals surface area (Å²) < 4.78 is 0. The highest BCUT2D eigenvalue weighted by atomic mass is 32.1. The number of rotatable bonds is 6. The van der Waals surface area contributed by atoms with Crippen molar-refractivity contribution in [1.82, 2.24) is 5.32 Å². The van der Waals surface area contributed by atoms with Crippen LogP contribution in [-0.4, -0.2) is 23.0 Å². The predicted molar refractivity (Wildman–Crippen MR) is 82.4 cm³/mol. The van der Waals surface area contributed by atoms with Crippen molar-refractivity contribution in [2.24, 2.45) is 0 Å². The predicted octanol–water partition coefficient (Wildman–Crippen LogP) is 2.66. The van der Waals surface area contributed by atoms with Crippen LogP contribution in [0.2, 0.25) is 0 Å². The van der Waals surface area contributed by atoms with Gasteiger partial charge in [-0.3, -0.25) is 4.79 Å². The fourth-order valence-corrected chi connectivity index (χ4v) is 2.77. The van der Waals surface area contributed by atoms with Crippen LogP contribution in [0.25, 0.3) is 0 Å². The summed E-state index contributed by atoms with van der Waals surface area (Å²) in [5, 5.41) is 15.7. The maximum absolute atomic E-state index is 12.2. The Morgan fingerprint density at radius 1 is 1.24 bits per heavy atom. The van der Waals surface area contributed by atoms with Gasteiger partial charge in [-0.1, -0.05) is 30.3 Å². The highest BCUT2D eigenvalue weighted by molar-refractivity contribution is 7.08. The number of carboxylic acids is 1. The maximum atomic E-state index is 12.2. The van der Waals surface area contributed by atoms with Crippen molar-refractivity contribution in [3.05, 3.63) is 58.3 Å². The van der Waals surface area contributed by atoms with Gasteiger partial charge in [-0.2, -0.15) is 11.3 Å². The molecule has 2 N–H and O–H groups in total. The van der Waals surface area contributed by atoms with Crippen molar-refractivity contribution in [3.63, 3.8) is 0 Å². The summed E-state index contributed by atoms with van der Waals surface area (Å²) in [6.45, 7) is 1.78. The average molecular weight is 303 g/mol. The fraction of sp³-hybridized carbons (Fsp3) is 0.250. The first kappa shape index (κ1) is 15.3. The smallest absolute Gasteiger partial charge is 0.326 e. The Bertz CT molecular complexity index is 595. The zero-order valence-electron chi connectivity index (χ0n) is 11.7. The van der Waals surface area contributed by atoms with E-state index in [2.05, 4.69) is 5.32 Å².